The first-order chi connectivity index (χ1) is 17.1. The van der Waals surface area contributed by atoms with Crippen LogP contribution in [0.2, 0.25) is 0 Å². The van der Waals surface area contributed by atoms with Crippen LogP contribution >= 0.6 is 8.53 Å². The van der Waals surface area contributed by atoms with Crippen LogP contribution in [0.1, 0.15) is 130 Å². The van der Waals surface area contributed by atoms with Gasteiger partial charge in [0.05, 0.1) is 0 Å². The van der Waals surface area contributed by atoms with Crippen molar-refractivity contribution in [2.75, 3.05) is 13.1 Å². The first-order valence-electron chi connectivity index (χ1n) is 14.3. The molecule has 2 rings (SSSR count). The summed E-state index contributed by atoms with van der Waals surface area (Å²) < 4.78 is 16.3. The molecule has 0 fully saturated rings. The molecule has 0 aromatic heterocycles. The molecule has 3 nitrogen and oxygen atoms in total. The second-order valence-electron chi connectivity index (χ2n) is 14.9. The van der Waals surface area contributed by atoms with E-state index in [1.807, 2.05) is 0 Å². The second-order valence-corrected chi connectivity index (χ2v) is 16.3. The minimum Gasteiger partial charge on any atom is -0.426 e. The zero-order valence-electron chi connectivity index (χ0n) is 27.4. The highest BCUT2D eigenvalue weighted by molar-refractivity contribution is 7.45. The third kappa shape index (κ3) is 7.76. The van der Waals surface area contributed by atoms with Crippen molar-refractivity contribution in [3.05, 3.63) is 57.6 Å². The lowest BCUT2D eigenvalue weighted by Gasteiger charge is -2.34. The average Bonchev–Trinajstić information content (AvgIpc) is 2.73. The normalized spacial score (nSPS) is 13.4. The fourth-order valence-corrected chi connectivity index (χ4v) is 6.04. The minimum absolute atomic E-state index is 0.0630. The Morgan fingerprint density at radius 1 is 0.553 bits per heavy atom. The molecule has 0 amide bonds. The molecule has 38 heavy (non-hydrogen) atoms. The van der Waals surface area contributed by atoms with Gasteiger partial charge < -0.3 is 9.05 Å². The van der Waals surface area contributed by atoms with E-state index in [1.165, 1.54) is 33.4 Å². The molecule has 2 aromatic carbocycles. The monoisotopic (exact) mass is 541 g/mol. The van der Waals surface area contributed by atoms with Gasteiger partial charge in [0.15, 0.2) is 0 Å². The zero-order valence-corrected chi connectivity index (χ0v) is 28.3. The fraction of sp³-hybridized carbons (Fsp3) is 0.647. The van der Waals surface area contributed by atoms with Gasteiger partial charge in [0.2, 0.25) is 0 Å². The molecule has 4 heteroatoms. The molecule has 0 aliphatic heterocycles. The second kappa shape index (κ2) is 11.5. The number of hydrogen-bond donors (Lipinski definition) is 0. The average molecular weight is 542 g/mol. The lowest BCUT2D eigenvalue weighted by atomic mass is 9.79. The summed E-state index contributed by atoms with van der Waals surface area (Å²) in [4.78, 5) is 0. The van der Waals surface area contributed by atoms with Gasteiger partial charge in [-0.15, -0.1) is 0 Å². The van der Waals surface area contributed by atoms with Crippen LogP contribution in [0.15, 0.2) is 24.3 Å². The van der Waals surface area contributed by atoms with Crippen molar-refractivity contribution in [2.45, 2.75) is 132 Å². The van der Waals surface area contributed by atoms with Gasteiger partial charge in [-0.1, -0.05) is 121 Å². The topological polar surface area (TPSA) is 21.7 Å². The van der Waals surface area contributed by atoms with E-state index in [1.54, 1.807) is 0 Å². The van der Waals surface area contributed by atoms with Crippen molar-refractivity contribution in [3.8, 4) is 11.5 Å². The molecule has 0 aliphatic carbocycles. The van der Waals surface area contributed by atoms with Crippen LogP contribution in [0, 0.1) is 13.8 Å². The molecule has 0 radical (unpaired) electrons. The summed E-state index contributed by atoms with van der Waals surface area (Å²) >= 11 is 0. The molecule has 0 aliphatic rings. The number of rotatable bonds is 7. The van der Waals surface area contributed by atoms with Gasteiger partial charge in [0.25, 0.3) is 0 Å². The smallest absolute Gasteiger partial charge is 0.384 e. The first-order valence-corrected chi connectivity index (χ1v) is 15.5. The van der Waals surface area contributed by atoms with Crippen molar-refractivity contribution >= 4 is 8.53 Å². The maximum absolute atomic E-state index is 7.01. The van der Waals surface area contributed by atoms with Gasteiger partial charge in [0.1, 0.15) is 11.5 Å². The predicted octanol–water partition coefficient (Wildman–Crippen LogP) is 10.5. The maximum atomic E-state index is 7.01. The number of hydrogen-bond acceptors (Lipinski definition) is 3. The maximum Gasteiger partial charge on any atom is 0.384 e. The highest BCUT2D eigenvalue weighted by Crippen LogP contribution is 2.51. The molecular weight excluding hydrogens is 485 g/mol. The Balaban J connectivity index is 2.73. The van der Waals surface area contributed by atoms with E-state index in [0.717, 1.165) is 24.6 Å². The summed E-state index contributed by atoms with van der Waals surface area (Å²) in [5.74, 6) is 1.93. The summed E-state index contributed by atoms with van der Waals surface area (Å²) in [5, 5.41) is 0. The van der Waals surface area contributed by atoms with E-state index in [4.69, 9.17) is 9.05 Å². The van der Waals surface area contributed by atoms with E-state index < -0.39 is 8.53 Å². The molecule has 0 saturated carbocycles. The number of aryl methyl sites for hydroxylation is 2. The van der Waals surface area contributed by atoms with Crippen LogP contribution in [0.4, 0.5) is 0 Å². The third-order valence-corrected chi connectivity index (χ3v) is 8.90. The Kier molecular flexibility index (Phi) is 9.88. The van der Waals surface area contributed by atoms with E-state index in [9.17, 15) is 0 Å². The zero-order chi connectivity index (χ0) is 29.4. The largest absolute Gasteiger partial charge is 0.426 e. The molecule has 0 unspecified atom stereocenters. The van der Waals surface area contributed by atoms with Gasteiger partial charge in [-0.2, -0.15) is 0 Å². The Morgan fingerprint density at radius 3 is 1.11 bits per heavy atom. The number of benzene rings is 2. The van der Waals surface area contributed by atoms with Crippen LogP contribution in [-0.4, -0.2) is 17.8 Å². The van der Waals surface area contributed by atoms with Crippen LogP contribution in [0.3, 0.4) is 0 Å². The van der Waals surface area contributed by atoms with E-state index in [-0.39, 0.29) is 21.7 Å². The molecule has 214 valence electrons. The number of nitrogens with zero attached hydrogens (tertiary/aromatic N) is 1. The van der Waals surface area contributed by atoms with Gasteiger partial charge in [-0.3, -0.25) is 0 Å². The van der Waals surface area contributed by atoms with Crippen LogP contribution in [0.5, 0.6) is 11.5 Å². The summed E-state index contributed by atoms with van der Waals surface area (Å²) in [6.45, 7) is 37.7. The fourth-order valence-electron chi connectivity index (χ4n) is 4.52. The van der Waals surface area contributed by atoms with Gasteiger partial charge in [-0.25, -0.2) is 4.67 Å². The molecular formula is C34H56NO2P. The minimum atomic E-state index is -1.38. The van der Waals surface area contributed by atoms with Crippen molar-refractivity contribution in [1.29, 1.82) is 0 Å². The van der Waals surface area contributed by atoms with Gasteiger partial charge in [-0.05, 0) is 57.8 Å². The van der Waals surface area contributed by atoms with Crippen molar-refractivity contribution in [3.63, 3.8) is 0 Å². The van der Waals surface area contributed by atoms with Gasteiger partial charge >= 0.3 is 8.53 Å². The van der Waals surface area contributed by atoms with Crippen molar-refractivity contribution in [1.82, 2.24) is 4.67 Å². The predicted molar refractivity (Wildman–Crippen MR) is 168 cm³/mol. The molecule has 0 heterocycles. The third-order valence-electron chi connectivity index (χ3n) is 7.20. The summed E-state index contributed by atoms with van der Waals surface area (Å²) in [5.41, 5.74) is 7.49. The Bertz CT molecular complexity index is 1020. The summed E-state index contributed by atoms with van der Waals surface area (Å²) in [6.07, 6.45) is 0. The van der Waals surface area contributed by atoms with Crippen LogP contribution < -0.4 is 9.05 Å². The summed E-state index contributed by atoms with van der Waals surface area (Å²) in [7, 11) is -1.38. The van der Waals surface area contributed by atoms with Crippen molar-refractivity contribution < 1.29 is 9.05 Å². The quantitative estimate of drug-likeness (QED) is 0.325. The molecule has 0 spiro atoms. The van der Waals surface area contributed by atoms with Crippen LogP contribution in [-0.2, 0) is 21.7 Å². The molecule has 0 saturated heterocycles. The SMILES string of the molecule is CCN(CC)P(Oc1c(C)cc(C(C)(C)C)cc1C(C)(C)C)Oc1c(C)cc(C(C)(C)C)cc1C(C)(C)C. The van der Waals surface area contributed by atoms with Crippen LogP contribution in [0.25, 0.3) is 0 Å². The van der Waals surface area contributed by atoms with E-state index in [0.29, 0.717) is 0 Å². The molecule has 0 N–H and O–H groups in total. The highest BCUT2D eigenvalue weighted by atomic mass is 31.2. The molecule has 0 bridgehead atoms. The van der Waals surface area contributed by atoms with Crippen molar-refractivity contribution in [2.24, 2.45) is 0 Å². The first kappa shape index (κ1) is 32.6. The Hall–Kier alpha value is -1.57. The van der Waals surface area contributed by atoms with Gasteiger partial charge in [0, 0.05) is 24.2 Å². The van der Waals surface area contributed by atoms with E-state index in [2.05, 4.69) is 140 Å². The lowest BCUT2D eigenvalue weighted by Crippen LogP contribution is -2.25. The van der Waals surface area contributed by atoms with E-state index >= 15 is 0 Å². The Morgan fingerprint density at radius 2 is 0.868 bits per heavy atom. The molecule has 2 aromatic rings. The standard InChI is InChI=1S/C34H56NO2P/c1-17-35(18-2)38(36-29-23(3)19-25(31(5,6)7)21-27(29)33(11,12)13)37-30-24(4)20-26(32(8,9)10)22-28(30)34(14,15)16/h19-22H,17-18H2,1-16H3. The Labute approximate surface area is 236 Å². The highest BCUT2D eigenvalue weighted by Gasteiger charge is 2.33. The lowest BCUT2D eigenvalue weighted by molar-refractivity contribution is 0.361. The summed E-state index contributed by atoms with van der Waals surface area (Å²) in [6, 6.07) is 9.29. The molecule has 0 atom stereocenters.